The van der Waals surface area contributed by atoms with Crippen molar-refractivity contribution in [2.75, 3.05) is 19.6 Å². The first-order chi connectivity index (χ1) is 11.8. The van der Waals surface area contributed by atoms with Crippen molar-refractivity contribution in [1.82, 2.24) is 19.4 Å². The van der Waals surface area contributed by atoms with E-state index in [9.17, 15) is 0 Å². The fourth-order valence-electron chi connectivity index (χ4n) is 5.68. The molecule has 4 nitrogen and oxygen atoms in total. The minimum absolute atomic E-state index is 0.863. The maximum Gasteiger partial charge on any atom is 0.0949 e. The molecule has 2 bridgehead atoms. The van der Waals surface area contributed by atoms with Gasteiger partial charge in [0.2, 0.25) is 0 Å². The van der Waals surface area contributed by atoms with Crippen molar-refractivity contribution in [2.45, 2.75) is 77.5 Å². The zero-order valence-electron chi connectivity index (χ0n) is 15.5. The van der Waals surface area contributed by atoms with Crippen LogP contribution >= 0.6 is 0 Å². The zero-order valence-corrected chi connectivity index (χ0v) is 15.5. The summed E-state index contributed by atoms with van der Waals surface area (Å²) in [5.74, 6) is 1.77. The molecule has 3 aliphatic heterocycles. The molecule has 3 saturated heterocycles. The van der Waals surface area contributed by atoms with Crippen LogP contribution in [0.15, 0.2) is 12.5 Å². The van der Waals surface area contributed by atoms with Gasteiger partial charge in [-0.1, -0.05) is 19.8 Å². The number of aromatic nitrogens is 2. The van der Waals surface area contributed by atoms with Crippen molar-refractivity contribution >= 4 is 0 Å². The standard InChI is InChI=1S/C20H34N4/c1-3-6-19-7-5-8-20-17-9-16(11-24(19)20)10-23(12-17)14-18-13-22(4-2)15-21-18/h13,15-17,19-20H,3-12,14H2,1-2H3/t16-,17+,19-,20-/m0/s1. The Morgan fingerprint density at radius 3 is 2.88 bits per heavy atom. The smallest absolute Gasteiger partial charge is 0.0949 e. The Balaban J connectivity index is 1.42. The van der Waals surface area contributed by atoms with E-state index in [0.29, 0.717) is 0 Å². The molecule has 0 aromatic carbocycles. The highest BCUT2D eigenvalue weighted by molar-refractivity contribution is 5.01. The molecule has 0 N–H and O–H groups in total. The number of imidazole rings is 1. The van der Waals surface area contributed by atoms with Crippen LogP contribution in [0.3, 0.4) is 0 Å². The molecule has 0 radical (unpaired) electrons. The molecule has 24 heavy (non-hydrogen) atoms. The molecular weight excluding hydrogens is 296 g/mol. The van der Waals surface area contributed by atoms with Crippen molar-refractivity contribution < 1.29 is 0 Å². The highest BCUT2D eigenvalue weighted by Gasteiger charge is 2.44. The molecule has 4 heterocycles. The summed E-state index contributed by atoms with van der Waals surface area (Å²) < 4.78 is 2.19. The predicted octanol–water partition coefficient (Wildman–Crippen LogP) is 3.38. The van der Waals surface area contributed by atoms with Crippen molar-refractivity contribution in [1.29, 1.82) is 0 Å². The zero-order chi connectivity index (χ0) is 16.5. The Hall–Kier alpha value is -0.870. The first kappa shape index (κ1) is 16.6. The van der Waals surface area contributed by atoms with E-state index in [2.05, 4.69) is 39.4 Å². The van der Waals surface area contributed by atoms with E-state index in [4.69, 9.17) is 0 Å². The number of hydrogen-bond donors (Lipinski definition) is 0. The molecule has 4 heteroatoms. The summed E-state index contributed by atoms with van der Waals surface area (Å²) >= 11 is 0. The van der Waals surface area contributed by atoms with Crippen LogP contribution in [-0.4, -0.2) is 51.1 Å². The molecule has 0 aliphatic carbocycles. The molecule has 1 aromatic heterocycles. The highest BCUT2D eigenvalue weighted by atomic mass is 15.3. The Kier molecular flexibility index (Phi) is 4.95. The quantitative estimate of drug-likeness (QED) is 0.827. The van der Waals surface area contributed by atoms with Crippen LogP contribution < -0.4 is 0 Å². The SMILES string of the molecule is CCC[C@H]1CCC[C@H]2[C@@H]3C[C@@H](CN(Cc4cn(CC)cn4)C3)CN12. The van der Waals surface area contributed by atoms with E-state index in [1.165, 1.54) is 63.9 Å². The van der Waals surface area contributed by atoms with E-state index in [1.807, 2.05) is 6.33 Å². The molecule has 0 spiro atoms. The Morgan fingerprint density at radius 1 is 1.17 bits per heavy atom. The van der Waals surface area contributed by atoms with E-state index in [1.54, 1.807) is 0 Å². The number of nitrogens with zero attached hydrogens (tertiary/aromatic N) is 4. The lowest BCUT2D eigenvalue weighted by molar-refractivity contribution is -0.0599. The minimum Gasteiger partial charge on any atom is -0.337 e. The molecule has 134 valence electrons. The molecule has 1 aromatic rings. The number of aryl methyl sites for hydroxylation is 1. The van der Waals surface area contributed by atoms with Gasteiger partial charge in [-0.25, -0.2) is 4.98 Å². The Morgan fingerprint density at radius 2 is 2.08 bits per heavy atom. The number of fused-ring (bicyclic) bond motifs is 4. The van der Waals surface area contributed by atoms with Gasteiger partial charge in [0.05, 0.1) is 12.0 Å². The summed E-state index contributed by atoms with van der Waals surface area (Å²) in [4.78, 5) is 10.2. The molecule has 0 amide bonds. The average Bonchev–Trinajstić information content (AvgIpc) is 3.03. The summed E-state index contributed by atoms with van der Waals surface area (Å²) in [6, 6.07) is 1.74. The monoisotopic (exact) mass is 330 g/mol. The van der Waals surface area contributed by atoms with E-state index < -0.39 is 0 Å². The predicted molar refractivity (Wildman–Crippen MR) is 97.8 cm³/mol. The third-order valence-electron chi connectivity index (χ3n) is 6.65. The summed E-state index contributed by atoms with van der Waals surface area (Å²) in [7, 11) is 0. The number of hydrogen-bond acceptors (Lipinski definition) is 3. The van der Waals surface area contributed by atoms with E-state index >= 15 is 0 Å². The molecule has 3 fully saturated rings. The Bertz CT molecular complexity index is 537. The van der Waals surface area contributed by atoms with Crippen LogP contribution in [0, 0.1) is 11.8 Å². The van der Waals surface area contributed by atoms with Gasteiger partial charge in [0.25, 0.3) is 0 Å². The normalized spacial score (nSPS) is 34.2. The van der Waals surface area contributed by atoms with Gasteiger partial charge in [-0.3, -0.25) is 9.80 Å². The van der Waals surface area contributed by atoms with Crippen LogP contribution in [0.4, 0.5) is 0 Å². The third kappa shape index (κ3) is 3.28. The van der Waals surface area contributed by atoms with Gasteiger partial charge < -0.3 is 4.57 Å². The number of rotatable bonds is 5. The fraction of sp³-hybridized carbons (Fsp3) is 0.850. The summed E-state index contributed by atoms with van der Waals surface area (Å²) in [6.45, 7) is 10.5. The topological polar surface area (TPSA) is 24.3 Å². The molecule has 0 unspecified atom stereocenters. The van der Waals surface area contributed by atoms with Gasteiger partial charge >= 0.3 is 0 Å². The van der Waals surface area contributed by atoms with Crippen molar-refractivity contribution in [2.24, 2.45) is 11.8 Å². The lowest BCUT2D eigenvalue weighted by Gasteiger charge is -2.55. The average molecular weight is 331 g/mol. The molecular formula is C20H34N4. The lowest BCUT2D eigenvalue weighted by atomic mass is 9.74. The van der Waals surface area contributed by atoms with Gasteiger partial charge in [0, 0.05) is 51.0 Å². The maximum atomic E-state index is 4.60. The second-order valence-electron chi connectivity index (χ2n) is 8.39. The molecule has 4 rings (SSSR count). The van der Waals surface area contributed by atoms with Gasteiger partial charge in [-0.15, -0.1) is 0 Å². The van der Waals surface area contributed by atoms with Crippen molar-refractivity contribution in [3.63, 3.8) is 0 Å². The fourth-order valence-corrected chi connectivity index (χ4v) is 5.68. The summed E-state index contributed by atoms with van der Waals surface area (Å²) in [5.41, 5.74) is 1.25. The molecule has 4 atom stereocenters. The van der Waals surface area contributed by atoms with Gasteiger partial charge in [-0.05, 0) is 44.4 Å². The van der Waals surface area contributed by atoms with Crippen LogP contribution in [0.25, 0.3) is 0 Å². The maximum absolute atomic E-state index is 4.60. The number of piperidine rings is 3. The number of likely N-dealkylation sites (tertiary alicyclic amines) is 1. The van der Waals surface area contributed by atoms with Crippen LogP contribution in [-0.2, 0) is 13.1 Å². The highest BCUT2D eigenvalue weighted by Crippen LogP contribution is 2.40. The largest absolute Gasteiger partial charge is 0.337 e. The summed E-state index contributed by atoms with van der Waals surface area (Å²) in [6.07, 6.45) is 12.8. The molecule has 3 aliphatic rings. The first-order valence-corrected chi connectivity index (χ1v) is 10.3. The molecule has 0 saturated carbocycles. The van der Waals surface area contributed by atoms with E-state index in [-0.39, 0.29) is 0 Å². The second kappa shape index (κ2) is 7.17. The third-order valence-corrected chi connectivity index (χ3v) is 6.65. The van der Waals surface area contributed by atoms with Gasteiger partial charge in [0.1, 0.15) is 0 Å². The van der Waals surface area contributed by atoms with Crippen molar-refractivity contribution in [3.05, 3.63) is 18.2 Å². The second-order valence-corrected chi connectivity index (χ2v) is 8.39. The Labute approximate surface area is 147 Å². The van der Waals surface area contributed by atoms with Crippen LogP contribution in [0.2, 0.25) is 0 Å². The van der Waals surface area contributed by atoms with Crippen molar-refractivity contribution in [3.8, 4) is 0 Å². The lowest BCUT2D eigenvalue weighted by Crippen LogP contribution is -2.61. The van der Waals surface area contributed by atoms with Crippen LogP contribution in [0.5, 0.6) is 0 Å². The first-order valence-electron chi connectivity index (χ1n) is 10.3. The van der Waals surface area contributed by atoms with Crippen LogP contribution in [0.1, 0.15) is 58.1 Å². The van der Waals surface area contributed by atoms with Gasteiger partial charge in [-0.2, -0.15) is 0 Å². The van der Waals surface area contributed by atoms with Gasteiger partial charge in [0.15, 0.2) is 0 Å². The summed E-state index contributed by atoms with van der Waals surface area (Å²) in [5, 5.41) is 0. The minimum atomic E-state index is 0.863. The van der Waals surface area contributed by atoms with E-state index in [0.717, 1.165) is 37.0 Å².